The molecule has 17 heavy (non-hydrogen) atoms. The van der Waals surface area contributed by atoms with Gasteiger partial charge in [-0.25, -0.2) is 4.39 Å². The number of nitrogens with zero attached hydrogens (tertiary/aromatic N) is 1. The van der Waals surface area contributed by atoms with Crippen molar-refractivity contribution in [1.29, 1.82) is 0 Å². The number of rotatable bonds is 6. The maximum Gasteiger partial charge on any atom is 0.165 e. The zero-order chi connectivity index (χ0) is 12.8. The second-order valence-corrected chi connectivity index (χ2v) is 4.37. The van der Waals surface area contributed by atoms with E-state index in [1.807, 2.05) is 14.1 Å². The average Bonchev–Trinajstić information content (AvgIpc) is 2.25. The fourth-order valence-corrected chi connectivity index (χ4v) is 1.46. The largest absolute Gasteiger partial charge is 0.490 e. The average molecular weight is 241 g/mol. The lowest BCUT2D eigenvalue weighted by Gasteiger charge is -2.12. The van der Waals surface area contributed by atoms with Crippen molar-refractivity contribution >= 4 is 0 Å². The van der Waals surface area contributed by atoms with E-state index >= 15 is 0 Å². The summed E-state index contributed by atoms with van der Waals surface area (Å²) in [7, 11) is 3.97. The van der Waals surface area contributed by atoms with Crippen LogP contribution in [0.2, 0.25) is 0 Å². The van der Waals surface area contributed by atoms with Gasteiger partial charge < -0.3 is 14.7 Å². The van der Waals surface area contributed by atoms with E-state index < -0.39 is 11.9 Å². The van der Waals surface area contributed by atoms with Crippen molar-refractivity contribution in [3.8, 4) is 5.75 Å². The first-order valence-corrected chi connectivity index (χ1v) is 5.75. The molecule has 0 amide bonds. The van der Waals surface area contributed by atoms with Gasteiger partial charge in [-0.15, -0.1) is 0 Å². The Morgan fingerprint density at radius 3 is 2.65 bits per heavy atom. The number of aliphatic hydroxyl groups excluding tert-OH is 1. The summed E-state index contributed by atoms with van der Waals surface area (Å²) in [5.41, 5.74) is 0.558. The highest BCUT2D eigenvalue weighted by atomic mass is 19.1. The highest BCUT2D eigenvalue weighted by Crippen LogP contribution is 2.21. The molecule has 0 bridgehead atoms. The minimum absolute atomic E-state index is 0.244. The normalized spacial score (nSPS) is 12.8. The quantitative estimate of drug-likeness (QED) is 0.775. The molecule has 1 atom stereocenters. The maximum atomic E-state index is 13.5. The molecule has 0 radical (unpaired) electrons. The van der Waals surface area contributed by atoms with Crippen molar-refractivity contribution in [3.63, 3.8) is 0 Å². The molecule has 1 rings (SSSR count). The summed E-state index contributed by atoms with van der Waals surface area (Å²) in [6, 6.07) is 4.55. The van der Waals surface area contributed by atoms with Crippen LogP contribution in [0.4, 0.5) is 4.39 Å². The Kier molecular flexibility index (Phi) is 5.38. The van der Waals surface area contributed by atoms with Crippen LogP contribution in [-0.4, -0.2) is 37.3 Å². The lowest BCUT2D eigenvalue weighted by molar-refractivity contribution is 0.198. The van der Waals surface area contributed by atoms with Gasteiger partial charge >= 0.3 is 0 Å². The van der Waals surface area contributed by atoms with Crippen LogP contribution >= 0.6 is 0 Å². The number of hydrogen-bond donors (Lipinski definition) is 1. The molecule has 96 valence electrons. The first kappa shape index (κ1) is 13.9. The van der Waals surface area contributed by atoms with Crippen LogP contribution < -0.4 is 4.74 Å². The predicted octanol–water partition coefficient (Wildman–Crippen LogP) is 2.21. The van der Waals surface area contributed by atoms with Crippen molar-refractivity contribution in [2.75, 3.05) is 27.2 Å². The van der Waals surface area contributed by atoms with Gasteiger partial charge in [-0.1, -0.05) is 6.07 Å². The monoisotopic (exact) mass is 241 g/mol. The van der Waals surface area contributed by atoms with Gasteiger partial charge in [-0.3, -0.25) is 0 Å². The van der Waals surface area contributed by atoms with Gasteiger partial charge in [0.05, 0.1) is 12.7 Å². The summed E-state index contributed by atoms with van der Waals surface area (Å²) >= 11 is 0. The summed E-state index contributed by atoms with van der Waals surface area (Å²) in [4.78, 5) is 2.05. The molecule has 3 nitrogen and oxygen atoms in total. The second kappa shape index (κ2) is 6.57. The Bertz CT molecular complexity index is 353. The van der Waals surface area contributed by atoms with E-state index in [1.54, 1.807) is 19.1 Å². The van der Waals surface area contributed by atoms with Crippen molar-refractivity contribution in [2.45, 2.75) is 19.4 Å². The Balaban J connectivity index is 2.49. The van der Waals surface area contributed by atoms with Crippen LogP contribution in [-0.2, 0) is 0 Å². The van der Waals surface area contributed by atoms with E-state index in [-0.39, 0.29) is 5.75 Å². The van der Waals surface area contributed by atoms with Gasteiger partial charge in [-0.2, -0.15) is 0 Å². The Hall–Kier alpha value is -1.13. The summed E-state index contributed by atoms with van der Waals surface area (Å²) in [6.07, 6.45) is 0.192. The highest BCUT2D eigenvalue weighted by Gasteiger charge is 2.07. The Morgan fingerprint density at radius 2 is 2.12 bits per heavy atom. The molecular weight excluding hydrogens is 221 g/mol. The van der Waals surface area contributed by atoms with E-state index in [0.29, 0.717) is 12.2 Å². The van der Waals surface area contributed by atoms with Crippen LogP contribution in [0.5, 0.6) is 5.75 Å². The summed E-state index contributed by atoms with van der Waals surface area (Å²) in [5.74, 6) is -0.179. The number of halogens is 1. The van der Waals surface area contributed by atoms with Gasteiger partial charge in [0, 0.05) is 6.54 Å². The molecule has 1 aromatic carbocycles. The third-order valence-electron chi connectivity index (χ3n) is 2.45. The van der Waals surface area contributed by atoms with Gasteiger partial charge in [0.25, 0.3) is 0 Å². The van der Waals surface area contributed by atoms with Crippen LogP contribution in [0.15, 0.2) is 18.2 Å². The lowest BCUT2D eigenvalue weighted by Crippen LogP contribution is -2.15. The SMILES string of the molecule is CC(O)c1ccc(OCCCN(C)C)c(F)c1. The number of aliphatic hydroxyl groups is 1. The molecule has 0 aliphatic rings. The summed E-state index contributed by atoms with van der Waals surface area (Å²) in [6.45, 7) is 3.00. The molecule has 0 aliphatic carbocycles. The first-order chi connectivity index (χ1) is 8.00. The lowest BCUT2D eigenvalue weighted by atomic mass is 10.1. The van der Waals surface area contributed by atoms with Crippen LogP contribution in [0.1, 0.15) is 25.0 Å². The molecule has 0 fully saturated rings. The first-order valence-electron chi connectivity index (χ1n) is 5.75. The number of ether oxygens (including phenoxy) is 1. The van der Waals surface area contributed by atoms with Crippen LogP contribution in [0.3, 0.4) is 0 Å². The molecule has 1 aromatic rings. The number of benzene rings is 1. The summed E-state index contributed by atoms with van der Waals surface area (Å²) in [5, 5.41) is 9.30. The van der Waals surface area contributed by atoms with Crippen LogP contribution in [0.25, 0.3) is 0 Å². The Morgan fingerprint density at radius 1 is 1.41 bits per heavy atom. The predicted molar refractivity (Wildman–Crippen MR) is 65.7 cm³/mol. The Labute approximate surface area is 102 Å². The minimum Gasteiger partial charge on any atom is -0.490 e. The third kappa shape index (κ3) is 4.71. The maximum absolute atomic E-state index is 13.5. The zero-order valence-electron chi connectivity index (χ0n) is 10.6. The fourth-order valence-electron chi connectivity index (χ4n) is 1.46. The molecule has 1 unspecified atom stereocenters. The third-order valence-corrected chi connectivity index (χ3v) is 2.45. The van der Waals surface area contributed by atoms with Crippen LogP contribution in [0, 0.1) is 5.82 Å². The molecule has 0 spiro atoms. The molecule has 0 heterocycles. The van der Waals surface area contributed by atoms with E-state index in [2.05, 4.69) is 4.90 Å². The molecule has 0 saturated heterocycles. The zero-order valence-corrected chi connectivity index (χ0v) is 10.6. The van der Waals surface area contributed by atoms with Crippen molar-refractivity contribution in [1.82, 2.24) is 4.90 Å². The highest BCUT2D eigenvalue weighted by molar-refractivity contribution is 5.30. The minimum atomic E-state index is -0.660. The van der Waals surface area contributed by atoms with Gasteiger partial charge in [0.1, 0.15) is 0 Å². The molecule has 0 aliphatic heterocycles. The molecular formula is C13H20FNO2. The standard InChI is InChI=1S/C13H20FNO2/c1-10(16)11-5-6-13(12(14)9-11)17-8-4-7-15(2)3/h5-6,9-10,16H,4,7-8H2,1-3H3. The number of hydrogen-bond acceptors (Lipinski definition) is 3. The van der Waals surface area contributed by atoms with Gasteiger partial charge in [0.15, 0.2) is 11.6 Å². The van der Waals surface area contributed by atoms with E-state index in [9.17, 15) is 9.50 Å². The van der Waals surface area contributed by atoms with Crippen molar-refractivity contribution in [2.24, 2.45) is 0 Å². The fraction of sp³-hybridized carbons (Fsp3) is 0.538. The van der Waals surface area contributed by atoms with E-state index in [1.165, 1.54) is 6.07 Å². The second-order valence-electron chi connectivity index (χ2n) is 4.37. The smallest absolute Gasteiger partial charge is 0.165 e. The topological polar surface area (TPSA) is 32.7 Å². The molecule has 4 heteroatoms. The van der Waals surface area contributed by atoms with Crippen molar-refractivity contribution in [3.05, 3.63) is 29.6 Å². The van der Waals surface area contributed by atoms with E-state index in [4.69, 9.17) is 4.74 Å². The summed E-state index contributed by atoms with van der Waals surface area (Å²) < 4.78 is 18.9. The molecule has 0 saturated carbocycles. The molecule has 1 N–H and O–H groups in total. The van der Waals surface area contributed by atoms with Gasteiger partial charge in [0.2, 0.25) is 0 Å². The van der Waals surface area contributed by atoms with Crippen molar-refractivity contribution < 1.29 is 14.2 Å². The molecule has 0 aromatic heterocycles. The van der Waals surface area contributed by atoms with E-state index in [0.717, 1.165) is 13.0 Å². The van der Waals surface area contributed by atoms with Gasteiger partial charge in [-0.05, 0) is 45.1 Å².